The standard InChI is InChI=1S/C12H24N2/c1-12(2)7-11(8-12)14-9-10-5-3-4-6-13-10/h10-11,13-14H,3-9H2,1-2H3/t10-/m1/s1. The molecular weight excluding hydrogens is 172 g/mol. The highest BCUT2D eigenvalue weighted by Gasteiger charge is 2.35. The zero-order valence-corrected chi connectivity index (χ0v) is 9.60. The lowest BCUT2D eigenvalue weighted by Gasteiger charge is -2.43. The molecule has 2 N–H and O–H groups in total. The smallest absolute Gasteiger partial charge is 0.0192 e. The first-order valence-electron chi connectivity index (χ1n) is 6.12. The van der Waals surface area contributed by atoms with Crippen LogP contribution in [0, 0.1) is 5.41 Å². The van der Waals surface area contributed by atoms with E-state index in [0.29, 0.717) is 5.41 Å². The molecule has 2 aliphatic rings. The monoisotopic (exact) mass is 196 g/mol. The van der Waals surface area contributed by atoms with Gasteiger partial charge in [-0.05, 0) is 37.6 Å². The highest BCUT2D eigenvalue weighted by molar-refractivity contribution is 4.92. The zero-order chi connectivity index (χ0) is 10.0. The molecule has 1 heterocycles. The third kappa shape index (κ3) is 2.71. The van der Waals surface area contributed by atoms with E-state index in [0.717, 1.165) is 12.1 Å². The van der Waals surface area contributed by atoms with E-state index in [1.54, 1.807) is 0 Å². The Kier molecular flexibility index (Phi) is 3.13. The van der Waals surface area contributed by atoms with Crippen LogP contribution in [0.3, 0.4) is 0 Å². The van der Waals surface area contributed by atoms with Gasteiger partial charge in [0.1, 0.15) is 0 Å². The maximum atomic E-state index is 3.68. The van der Waals surface area contributed by atoms with Gasteiger partial charge in [-0.25, -0.2) is 0 Å². The summed E-state index contributed by atoms with van der Waals surface area (Å²) < 4.78 is 0. The first-order chi connectivity index (χ1) is 6.66. The van der Waals surface area contributed by atoms with Crippen molar-refractivity contribution >= 4 is 0 Å². The predicted octanol–water partition coefficient (Wildman–Crippen LogP) is 1.91. The average Bonchev–Trinajstić information content (AvgIpc) is 2.13. The minimum atomic E-state index is 0.609. The Morgan fingerprint density at radius 2 is 2.07 bits per heavy atom. The van der Waals surface area contributed by atoms with Crippen LogP contribution in [0.15, 0.2) is 0 Å². The second kappa shape index (κ2) is 4.19. The summed E-state index contributed by atoms with van der Waals surface area (Å²) in [6, 6.07) is 1.54. The highest BCUT2D eigenvalue weighted by Crippen LogP contribution is 2.39. The Morgan fingerprint density at radius 1 is 1.29 bits per heavy atom. The first kappa shape index (κ1) is 10.4. The van der Waals surface area contributed by atoms with E-state index in [9.17, 15) is 0 Å². The van der Waals surface area contributed by atoms with E-state index in [1.807, 2.05) is 0 Å². The van der Waals surface area contributed by atoms with Crippen LogP contribution in [0.2, 0.25) is 0 Å². The van der Waals surface area contributed by atoms with Crippen molar-refractivity contribution in [2.75, 3.05) is 13.1 Å². The average molecular weight is 196 g/mol. The third-order valence-corrected chi connectivity index (χ3v) is 3.66. The molecule has 0 unspecified atom stereocenters. The molecule has 0 aromatic rings. The molecule has 2 nitrogen and oxygen atoms in total. The number of rotatable bonds is 3. The fourth-order valence-corrected chi connectivity index (χ4v) is 2.83. The second-order valence-electron chi connectivity index (χ2n) is 5.82. The summed E-state index contributed by atoms with van der Waals surface area (Å²) in [5.41, 5.74) is 0.609. The van der Waals surface area contributed by atoms with E-state index < -0.39 is 0 Å². The highest BCUT2D eigenvalue weighted by atomic mass is 15.0. The van der Waals surface area contributed by atoms with Crippen molar-refractivity contribution < 1.29 is 0 Å². The van der Waals surface area contributed by atoms with Crippen LogP contribution < -0.4 is 10.6 Å². The van der Waals surface area contributed by atoms with Crippen LogP contribution in [0.1, 0.15) is 46.0 Å². The largest absolute Gasteiger partial charge is 0.313 e. The number of hydrogen-bond acceptors (Lipinski definition) is 2. The Balaban J connectivity index is 1.59. The van der Waals surface area contributed by atoms with Gasteiger partial charge in [-0.15, -0.1) is 0 Å². The van der Waals surface area contributed by atoms with Crippen LogP contribution >= 0.6 is 0 Å². The van der Waals surface area contributed by atoms with E-state index in [1.165, 1.54) is 45.2 Å². The molecule has 82 valence electrons. The van der Waals surface area contributed by atoms with Crippen LogP contribution in [0.5, 0.6) is 0 Å². The molecule has 1 atom stereocenters. The summed E-state index contributed by atoms with van der Waals surface area (Å²) in [7, 11) is 0. The lowest BCUT2D eigenvalue weighted by Crippen LogP contribution is -2.51. The number of hydrogen-bond donors (Lipinski definition) is 2. The lowest BCUT2D eigenvalue weighted by atomic mass is 9.68. The molecule has 1 saturated heterocycles. The van der Waals surface area contributed by atoms with Crippen molar-refractivity contribution in [1.29, 1.82) is 0 Å². The number of piperidine rings is 1. The van der Waals surface area contributed by atoms with Crippen molar-refractivity contribution in [3.05, 3.63) is 0 Å². The fourth-order valence-electron chi connectivity index (χ4n) is 2.83. The molecule has 0 bridgehead atoms. The molecule has 2 heteroatoms. The van der Waals surface area contributed by atoms with E-state index in [4.69, 9.17) is 0 Å². The normalized spacial score (nSPS) is 32.6. The summed E-state index contributed by atoms with van der Waals surface area (Å²) in [6.45, 7) is 7.14. The third-order valence-electron chi connectivity index (χ3n) is 3.66. The molecule has 0 aromatic carbocycles. The zero-order valence-electron chi connectivity index (χ0n) is 9.60. The molecule has 1 aliphatic heterocycles. The molecule has 1 aliphatic carbocycles. The van der Waals surface area contributed by atoms with Gasteiger partial charge in [-0.3, -0.25) is 0 Å². The van der Waals surface area contributed by atoms with Crippen molar-refractivity contribution in [3.63, 3.8) is 0 Å². The summed E-state index contributed by atoms with van der Waals surface area (Å²) in [4.78, 5) is 0. The minimum Gasteiger partial charge on any atom is -0.313 e. The summed E-state index contributed by atoms with van der Waals surface area (Å²) in [5.74, 6) is 0. The van der Waals surface area contributed by atoms with Gasteiger partial charge < -0.3 is 10.6 Å². The molecule has 0 spiro atoms. The Hall–Kier alpha value is -0.0800. The Labute approximate surface area is 87.8 Å². The van der Waals surface area contributed by atoms with Crippen LogP contribution in [0.25, 0.3) is 0 Å². The van der Waals surface area contributed by atoms with Gasteiger partial charge in [-0.1, -0.05) is 20.3 Å². The molecule has 0 amide bonds. The molecule has 14 heavy (non-hydrogen) atoms. The van der Waals surface area contributed by atoms with E-state index in [2.05, 4.69) is 24.5 Å². The van der Waals surface area contributed by atoms with Crippen molar-refractivity contribution in [3.8, 4) is 0 Å². The topological polar surface area (TPSA) is 24.1 Å². The SMILES string of the molecule is CC1(C)CC(NC[C@H]2CCCCN2)C1. The van der Waals surface area contributed by atoms with Gasteiger partial charge in [-0.2, -0.15) is 0 Å². The summed E-state index contributed by atoms with van der Waals surface area (Å²) in [5, 5.41) is 7.26. The minimum absolute atomic E-state index is 0.609. The molecule has 0 aromatic heterocycles. The van der Waals surface area contributed by atoms with Gasteiger partial charge >= 0.3 is 0 Å². The molecule has 0 radical (unpaired) electrons. The van der Waals surface area contributed by atoms with Crippen LogP contribution in [-0.4, -0.2) is 25.2 Å². The maximum absolute atomic E-state index is 3.68. The van der Waals surface area contributed by atoms with Crippen LogP contribution in [0.4, 0.5) is 0 Å². The first-order valence-corrected chi connectivity index (χ1v) is 6.12. The van der Waals surface area contributed by atoms with Gasteiger partial charge in [0.05, 0.1) is 0 Å². The van der Waals surface area contributed by atoms with E-state index >= 15 is 0 Å². The molecule has 1 saturated carbocycles. The fraction of sp³-hybridized carbons (Fsp3) is 1.00. The van der Waals surface area contributed by atoms with Crippen LogP contribution in [-0.2, 0) is 0 Å². The van der Waals surface area contributed by atoms with Crippen molar-refractivity contribution in [2.24, 2.45) is 5.41 Å². The van der Waals surface area contributed by atoms with E-state index in [-0.39, 0.29) is 0 Å². The number of nitrogens with one attached hydrogen (secondary N) is 2. The van der Waals surface area contributed by atoms with Gasteiger partial charge in [0, 0.05) is 18.6 Å². The summed E-state index contributed by atoms with van der Waals surface area (Å²) >= 11 is 0. The molecule has 2 fully saturated rings. The quantitative estimate of drug-likeness (QED) is 0.720. The predicted molar refractivity (Wildman–Crippen MR) is 60.4 cm³/mol. The molecular formula is C12H24N2. The van der Waals surface area contributed by atoms with Crippen molar-refractivity contribution in [1.82, 2.24) is 10.6 Å². The summed E-state index contributed by atoms with van der Waals surface area (Å²) in [6.07, 6.45) is 6.87. The van der Waals surface area contributed by atoms with Gasteiger partial charge in [0.15, 0.2) is 0 Å². The second-order valence-corrected chi connectivity index (χ2v) is 5.82. The van der Waals surface area contributed by atoms with Crippen molar-refractivity contribution in [2.45, 2.75) is 58.0 Å². The lowest BCUT2D eigenvalue weighted by molar-refractivity contribution is 0.123. The molecule has 2 rings (SSSR count). The Bertz CT molecular complexity index is 175. The van der Waals surface area contributed by atoms with Gasteiger partial charge in [0.25, 0.3) is 0 Å². The van der Waals surface area contributed by atoms with Gasteiger partial charge in [0.2, 0.25) is 0 Å². The maximum Gasteiger partial charge on any atom is 0.0192 e. The Morgan fingerprint density at radius 3 is 2.64 bits per heavy atom.